The van der Waals surface area contributed by atoms with Gasteiger partial charge in [0.25, 0.3) is 5.91 Å². The van der Waals surface area contributed by atoms with Crippen molar-refractivity contribution >= 4 is 28.6 Å². The van der Waals surface area contributed by atoms with Crippen molar-refractivity contribution < 1.29 is 13.6 Å². The van der Waals surface area contributed by atoms with Gasteiger partial charge in [0, 0.05) is 28.1 Å². The van der Waals surface area contributed by atoms with Gasteiger partial charge in [-0.05, 0) is 50.0 Å². The van der Waals surface area contributed by atoms with Crippen molar-refractivity contribution in [2.45, 2.75) is 23.5 Å². The Morgan fingerprint density at radius 1 is 1.21 bits per heavy atom. The monoisotopic (exact) mass is 398 g/mol. The van der Waals surface area contributed by atoms with Gasteiger partial charge >= 0.3 is 0 Å². The predicted octanol–water partition coefficient (Wildman–Crippen LogP) is 4.59. The molecule has 146 valence electrons. The summed E-state index contributed by atoms with van der Waals surface area (Å²) in [5, 5.41) is 7.23. The predicted molar refractivity (Wildman–Crippen MR) is 110 cm³/mol. The molecule has 0 bridgehead atoms. The molecular weight excluding hydrogens is 375 g/mol. The van der Waals surface area contributed by atoms with Crippen LogP contribution < -0.4 is 10.6 Å². The molecule has 1 saturated heterocycles. The third kappa shape index (κ3) is 4.23. The molecule has 2 heterocycles. The number of hydrogen-bond acceptors (Lipinski definition) is 4. The van der Waals surface area contributed by atoms with E-state index in [2.05, 4.69) is 10.6 Å². The zero-order valence-corrected chi connectivity index (χ0v) is 16.4. The average molecular weight is 399 g/mol. The summed E-state index contributed by atoms with van der Waals surface area (Å²) in [7, 11) is 0. The van der Waals surface area contributed by atoms with Gasteiger partial charge in [0.2, 0.25) is 0 Å². The molecule has 0 aliphatic carbocycles. The first-order chi connectivity index (χ1) is 13.7. The topological polar surface area (TPSA) is 54.3 Å². The molecule has 1 aromatic heterocycles. The number of nitrogens with one attached hydrogen (secondary N) is 2. The van der Waals surface area contributed by atoms with Crippen LogP contribution in [0.2, 0.25) is 0 Å². The molecule has 4 rings (SSSR count). The minimum atomic E-state index is -0.253. The molecule has 3 aromatic rings. The quantitative estimate of drug-likeness (QED) is 0.572. The lowest BCUT2D eigenvalue weighted by Crippen LogP contribution is -2.26. The van der Waals surface area contributed by atoms with Crippen molar-refractivity contribution in [3.8, 4) is 0 Å². The Morgan fingerprint density at radius 2 is 2.04 bits per heavy atom. The molecule has 2 N–H and O–H groups in total. The molecule has 1 amide bonds. The number of thioether (sulfide) groups is 1. The van der Waals surface area contributed by atoms with Crippen molar-refractivity contribution in [2.24, 2.45) is 5.92 Å². The molecule has 2 aromatic carbocycles. The summed E-state index contributed by atoms with van der Waals surface area (Å²) in [6.45, 7) is 2.70. The zero-order valence-electron chi connectivity index (χ0n) is 15.5. The van der Waals surface area contributed by atoms with Crippen LogP contribution >= 0.6 is 11.8 Å². The molecular formula is C22H23FN2O2S. The van der Waals surface area contributed by atoms with Crippen molar-refractivity contribution in [3.63, 3.8) is 0 Å². The molecule has 28 heavy (non-hydrogen) atoms. The first-order valence-electron chi connectivity index (χ1n) is 9.59. The summed E-state index contributed by atoms with van der Waals surface area (Å²) < 4.78 is 19.8. The molecule has 6 heteroatoms. The maximum absolute atomic E-state index is 14.0. The Hall–Kier alpha value is -2.31. The van der Waals surface area contributed by atoms with Gasteiger partial charge in [0.1, 0.15) is 11.4 Å². The summed E-state index contributed by atoms with van der Waals surface area (Å²) >= 11 is 1.37. The first-order valence-corrected chi connectivity index (χ1v) is 10.6. The molecule has 4 nitrogen and oxygen atoms in total. The highest BCUT2D eigenvalue weighted by Gasteiger charge is 2.21. The number of hydrogen-bond donors (Lipinski definition) is 2. The van der Waals surface area contributed by atoms with Gasteiger partial charge in [-0.3, -0.25) is 4.79 Å². The lowest BCUT2D eigenvalue weighted by molar-refractivity contribution is 0.0925. The Morgan fingerprint density at radius 3 is 2.86 bits per heavy atom. The van der Waals surface area contributed by atoms with E-state index in [1.165, 1.54) is 17.8 Å². The second-order valence-corrected chi connectivity index (χ2v) is 8.05. The number of furan rings is 1. The van der Waals surface area contributed by atoms with Gasteiger partial charge < -0.3 is 15.1 Å². The van der Waals surface area contributed by atoms with Crippen LogP contribution in [0.15, 0.2) is 57.8 Å². The normalized spacial score (nSPS) is 16.5. The Bertz CT molecular complexity index is 966. The lowest BCUT2D eigenvalue weighted by atomic mass is 10.1. The maximum Gasteiger partial charge on any atom is 0.287 e. The van der Waals surface area contributed by atoms with E-state index in [0.29, 0.717) is 34.5 Å². The molecule has 0 spiro atoms. The lowest BCUT2D eigenvalue weighted by Gasteiger charge is -2.09. The van der Waals surface area contributed by atoms with E-state index < -0.39 is 0 Å². The number of benzene rings is 2. The second kappa shape index (κ2) is 8.80. The largest absolute Gasteiger partial charge is 0.451 e. The van der Waals surface area contributed by atoms with Crippen LogP contribution in [0.25, 0.3) is 11.0 Å². The minimum absolute atomic E-state index is 0.203. The maximum atomic E-state index is 14.0. The van der Waals surface area contributed by atoms with E-state index >= 15 is 0 Å². The van der Waals surface area contributed by atoms with Crippen LogP contribution in [0.4, 0.5) is 4.39 Å². The number of halogens is 1. The Balaban J connectivity index is 1.51. The average Bonchev–Trinajstić information content (AvgIpc) is 3.35. The van der Waals surface area contributed by atoms with Crippen molar-refractivity contribution in [1.82, 2.24) is 10.6 Å². The molecule has 1 aliphatic heterocycles. The van der Waals surface area contributed by atoms with E-state index in [-0.39, 0.29) is 11.7 Å². The fraction of sp³-hybridized carbons (Fsp3) is 0.318. The van der Waals surface area contributed by atoms with Crippen LogP contribution in [0.1, 0.15) is 29.0 Å². The second-order valence-electron chi connectivity index (χ2n) is 7.03. The number of carbonyl (C=O) groups excluding carboxylic acids is 1. The Labute approximate surface area is 167 Å². The first kappa shape index (κ1) is 19.0. The Kier molecular flexibility index (Phi) is 5.98. The highest BCUT2D eigenvalue weighted by atomic mass is 32.2. The number of para-hydroxylation sites is 1. The fourth-order valence-corrected chi connectivity index (χ4v) is 4.54. The fourth-order valence-electron chi connectivity index (χ4n) is 3.57. The number of rotatable bonds is 7. The molecule has 1 unspecified atom stereocenters. The van der Waals surface area contributed by atoms with Gasteiger partial charge in [-0.1, -0.05) is 30.3 Å². The SMILES string of the molecule is O=C(NCCC1CCNC1)c1oc2ccccc2c1CSc1ccccc1F. The van der Waals surface area contributed by atoms with Crippen molar-refractivity contribution in [2.75, 3.05) is 19.6 Å². The molecule has 1 fully saturated rings. The van der Waals surface area contributed by atoms with Gasteiger partial charge in [-0.2, -0.15) is 0 Å². The van der Waals surface area contributed by atoms with Gasteiger partial charge in [0.15, 0.2) is 5.76 Å². The van der Waals surface area contributed by atoms with Crippen LogP contribution in [0.3, 0.4) is 0 Å². The van der Waals surface area contributed by atoms with E-state index in [0.717, 1.165) is 36.9 Å². The molecule has 0 radical (unpaired) electrons. The van der Waals surface area contributed by atoms with E-state index in [4.69, 9.17) is 4.42 Å². The zero-order chi connectivity index (χ0) is 19.3. The number of carbonyl (C=O) groups is 1. The third-order valence-corrected chi connectivity index (χ3v) is 6.19. The highest BCUT2D eigenvalue weighted by molar-refractivity contribution is 7.98. The standard InChI is InChI=1S/C22H23FN2O2S/c23-18-6-2-4-8-20(18)28-14-17-16-5-1-3-7-19(16)27-21(17)22(26)25-12-10-15-9-11-24-13-15/h1-8,15,24H,9-14H2,(H,25,26). The van der Waals surface area contributed by atoms with E-state index in [9.17, 15) is 9.18 Å². The summed E-state index contributed by atoms with van der Waals surface area (Å²) in [5.41, 5.74) is 1.49. The third-order valence-electron chi connectivity index (χ3n) is 5.11. The van der Waals surface area contributed by atoms with Crippen molar-refractivity contribution in [3.05, 3.63) is 65.7 Å². The van der Waals surface area contributed by atoms with E-state index in [1.807, 2.05) is 30.3 Å². The van der Waals surface area contributed by atoms with Crippen LogP contribution in [-0.4, -0.2) is 25.5 Å². The summed E-state index contributed by atoms with van der Waals surface area (Å²) in [5.74, 6) is 0.956. The summed E-state index contributed by atoms with van der Waals surface area (Å²) in [6.07, 6.45) is 2.11. The van der Waals surface area contributed by atoms with Crippen LogP contribution in [0.5, 0.6) is 0 Å². The smallest absolute Gasteiger partial charge is 0.287 e. The summed E-state index contributed by atoms with van der Waals surface area (Å²) in [4.78, 5) is 13.3. The highest BCUT2D eigenvalue weighted by Crippen LogP contribution is 2.33. The van der Waals surface area contributed by atoms with Gasteiger partial charge in [0.05, 0.1) is 0 Å². The van der Waals surface area contributed by atoms with Gasteiger partial charge in [-0.15, -0.1) is 11.8 Å². The van der Waals surface area contributed by atoms with Crippen molar-refractivity contribution in [1.29, 1.82) is 0 Å². The van der Waals surface area contributed by atoms with Crippen LogP contribution in [-0.2, 0) is 5.75 Å². The summed E-state index contributed by atoms with van der Waals surface area (Å²) in [6, 6.07) is 14.3. The number of amides is 1. The molecule has 1 aliphatic rings. The minimum Gasteiger partial charge on any atom is -0.451 e. The van der Waals surface area contributed by atoms with Crippen LogP contribution in [0, 0.1) is 11.7 Å². The van der Waals surface area contributed by atoms with E-state index in [1.54, 1.807) is 12.1 Å². The number of fused-ring (bicyclic) bond motifs is 1. The molecule has 0 saturated carbocycles. The van der Waals surface area contributed by atoms with Gasteiger partial charge in [-0.25, -0.2) is 4.39 Å². The molecule has 1 atom stereocenters.